The normalized spacial score (nSPS) is 11.5. The number of amides is 1. The van der Waals surface area contributed by atoms with E-state index < -0.39 is 5.60 Å². The van der Waals surface area contributed by atoms with Crippen molar-refractivity contribution in [3.05, 3.63) is 22.4 Å². The summed E-state index contributed by atoms with van der Waals surface area (Å²) in [7, 11) is 0. The van der Waals surface area contributed by atoms with E-state index in [-0.39, 0.29) is 30.1 Å². The molecule has 0 radical (unpaired) electrons. The number of rotatable bonds is 7. The number of hydrogen-bond acceptors (Lipinski definition) is 4. The first-order chi connectivity index (χ1) is 11.4. The maximum Gasteiger partial charge on any atom is 0.410 e. The van der Waals surface area contributed by atoms with Crippen molar-refractivity contribution in [3.8, 4) is 0 Å². The highest BCUT2D eigenvalue weighted by atomic mass is 127. The maximum atomic E-state index is 12.1. The SMILES string of the molecule is CCNC(=NCc1cccs1)NCCN(CC)C(=O)OC(C)(C)C.I. The lowest BCUT2D eigenvalue weighted by Gasteiger charge is -2.26. The van der Waals surface area contributed by atoms with Crippen LogP contribution < -0.4 is 10.6 Å². The fourth-order valence-electron chi connectivity index (χ4n) is 1.92. The summed E-state index contributed by atoms with van der Waals surface area (Å²) < 4.78 is 5.41. The molecule has 0 bridgehead atoms. The van der Waals surface area contributed by atoms with Crippen molar-refractivity contribution in [2.75, 3.05) is 26.2 Å². The molecule has 2 N–H and O–H groups in total. The molecule has 0 unspecified atom stereocenters. The van der Waals surface area contributed by atoms with Gasteiger partial charge in [0.25, 0.3) is 0 Å². The van der Waals surface area contributed by atoms with E-state index in [0.717, 1.165) is 12.5 Å². The van der Waals surface area contributed by atoms with Crippen molar-refractivity contribution < 1.29 is 9.53 Å². The summed E-state index contributed by atoms with van der Waals surface area (Å²) >= 11 is 1.69. The summed E-state index contributed by atoms with van der Waals surface area (Å²) in [4.78, 5) is 19.6. The van der Waals surface area contributed by atoms with Crippen molar-refractivity contribution in [1.82, 2.24) is 15.5 Å². The molecule has 6 nitrogen and oxygen atoms in total. The van der Waals surface area contributed by atoms with Crippen LogP contribution in [0.2, 0.25) is 0 Å². The second kappa shape index (κ2) is 12.3. The minimum absolute atomic E-state index is 0. The lowest BCUT2D eigenvalue weighted by atomic mass is 10.2. The van der Waals surface area contributed by atoms with Crippen LogP contribution in [0.4, 0.5) is 4.79 Å². The number of nitrogens with one attached hydrogen (secondary N) is 2. The smallest absolute Gasteiger partial charge is 0.410 e. The molecule has 0 saturated carbocycles. The third-order valence-electron chi connectivity index (χ3n) is 3.02. The Hall–Kier alpha value is -1.03. The number of likely N-dealkylation sites (N-methyl/N-ethyl adjacent to an activating group) is 1. The Morgan fingerprint density at radius 1 is 1.32 bits per heavy atom. The van der Waals surface area contributed by atoms with Crippen LogP contribution in [0, 0.1) is 0 Å². The van der Waals surface area contributed by atoms with Crippen molar-refractivity contribution in [1.29, 1.82) is 0 Å². The Bertz CT molecular complexity index is 515. The number of halogens is 1. The second-order valence-corrected chi connectivity index (χ2v) is 7.29. The van der Waals surface area contributed by atoms with E-state index in [1.165, 1.54) is 4.88 Å². The first-order valence-electron chi connectivity index (χ1n) is 8.38. The Balaban J connectivity index is 0.00000576. The van der Waals surface area contributed by atoms with Crippen molar-refractivity contribution in [2.45, 2.75) is 46.8 Å². The van der Waals surface area contributed by atoms with Gasteiger partial charge in [-0.25, -0.2) is 9.79 Å². The quantitative estimate of drug-likeness (QED) is 0.354. The molecule has 0 atom stereocenters. The molecule has 1 amide bonds. The van der Waals surface area contributed by atoms with Crippen LogP contribution in [0.25, 0.3) is 0 Å². The first-order valence-corrected chi connectivity index (χ1v) is 9.26. The van der Waals surface area contributed by atoms with E-state index in [0.29, 0.717) is 26.2 Å². The van der Waals surface area contributed by atoms with Gasteiger partial charge in [0.05, 0.1) is 6.54 Å². The third-order valence-corrected chi connectivity index (χ3v) is 3.89. The Morgan fingerprint density at radius 2 is 2.04 bits per heavy atom. The van der Waals surface area contributed by atoms with Gasteiger partial charge in [0.15, 0.2) is 5.96 Å². The van der Waals surface area contributed by atoms with Crippen LogP contribution >= 0.6 is 35.3 Å². The van der Waals surface area contributed by atoms with Gasteiger partial charge in [-0.15, -0.1) is 35.3 Å². The van der Waals surface area contributed by atoms with Crippen LogP contribution in [0.1, 0.15) is 39.5 Å². The molecule has 25 heavy (non-hydrogen) atoms. The van der Waals surface area contributed by atoms with E-state index in [4.69, 9.17) is 4.74 Å². The lowest BCUT2D eigenvalue weighted by molar-refractivity contribution is 0.0264. The van der Waals surface area contributed by atoms with Gasteiger partial charge in [0.2, 0.25) is 0 Å². The zero-order valence-electron chi connectivity index (χ0n) is 15.8. The molecular weight excluding hydrogens is 451 g/mol. The molecule has 1 aromatic heterocycles. The monoisotopic (exact) mass is 482 g/mol. The predicted octanol–water partition coefficient (Wildman–Crippen LogP) is 3.68. The van der Waals surface area contributed by atoms with E-state index in [9.17, 15) is 4.79 Å². The Morgan fingerprint density at radius 3 is 2.56 bits per heavy atom. The number of ether oxygens (including phenoxy) is 1. The maximum absolute atomic E-state index is 12.1. The van der Waals surface area contributed by atoms with Gasteiger partial charge >= 0.3 is 6.09 Å². The molecule has 1 heterocycles. The summed E-state index contributed by atoms with van der Waals surface area (Å²) in [5, 5.41) is 8.52. The number of carbonyl (C=O) groups excluding carboxylic acids is 1. The second-order valence-electron chi connectivity index (χ2n) is 6.26. The van der Waals surface area contributed by atoms with E-state index in [1.807, 2.05) is 46.1 Å². The molecule has 1 rings (SSSR count). The van der Waals surface area contributed by atoms with Crippen LogP contribution in [0.3, 0.4) is 0 Å². The summed E-state index contributed by atoms with van der Waals surface area (Å²) in [5.41, 5.74) is -0.477. The summed E-state index contributed by atoms with van der Waals surface area (Å²) in [6.45, 7) is 12.8. The van der Waals surface area contributed by atoms with Crippen molar-refractivity contribution in [2.24, 2.45) is 4.99 Å². The molecule has 144 valence electrons. The standard InChI is InChI=1S/C17H30N4O2S.HI/c1-6-18-15(20-13-14-9-8-12-24-14)19-10-11-21(7-2)16(22)23-17(3,4)5;/h8-9,12H,6-7,10-11,13H2,1-5H3,(H2,18,19,20);1H. The van der Waals surface area contributed by atoms with Crippen LogP contribution in [-0.4, -0.2) is 48.7 Å². The topological polar surface area (TPSA) is 66.0 Å². The average Bonchev–Trinajstić information content (AvgIpc) is 3.00. The fraction of sp³-hybridized carbons (Fsp3) is 0.647. The summed E-state index contributed by atoms with van der Waals surface area (Å²) in [6, 6.07) is 4.09. The van der Waals surface area contributed by atoms with Crippen LogP contribution in [-0.2, 0) is 11.3 Å². The van der Waals surface area contributed by atoms with Gasteiger partial charge in [0, 0.05) is 31.1 Å². The largest absolute Gasteiger partial charge is 0.444 e. The molecule has 0 fully saturated rings. The molecule has 0 saturated heterocycles. The first kappa shape index (κ1) is 24.0. The molecule has 0 aliphatic rings. The van der Waals surface area contributed by atoms with E-state index in [1.54, 1.807) is 16.2 Å². The van der Waals surface area contributed by atoms with E-state index >= 15 is 0 Å². The minimum Gasteiger partial charge on any atom is -0.444 e. The summed E-state index contributed by atoms with van der Waals surface area (Å²) in [5.74, 6) is 0.756. The van der Waals surface area contributed by atoms with E-state index in [2.05, 4.69) is 21.7 Å². The molecule has 1 aromatic rings. The summed E-state index contributed by atoms with van der Waals surface area (Å²) in [6.07, 6.45) is -0.285. The number of nitrogens with zero attached hydrogens (tertiary/aromatic N) is 2. The lowest BCUT2D eigenvalue weighted by Crippen LogP contribution is -2.44. The molecule has 0 aliphatic carbocycles. The molecule has 0 spiro atoms. The third kappa shape index (κ3) is 10.5. The van der Waals surface area contributed by atoms with Gasteiger partial charge in [0.1, 0.15) is 5.60 Å². The van der Waals surface area contributed by atoms with Gasteiger partial charge in [-0.05, 0) is 46.1 Å². The highest BCUT2D eigenvalue weighted by Crippen LogP contribution is 2.10. The zero-order chi connectivity index (χ0) is 18.0. The van der Waals surface area contributed by atoms with Crippen molar-refractivity contribution in [3.63, 3.8) is 0 Å². The number of carbonyl (C=O) groups is 1. The number of guanidine groups is 1. The molecule has 8 heteroatoms. The minimum atomic E-state index is -0.477. The van der Waals surface area contributed by atoms with Crippen LogP contribution in [0.15, 0.2) is 22.5 Å². The highest BCUT2D eigenvalue weighted by molar-refractivity contribution is 14.0. The van der Waals surface area contributed by atoms with Crippen molar-refractivity contribution >= 4 is 47.4 Å². The molecule has 0 aliphatic heterocycles. The highest BCUT2D eigenvalue weighted by Gasteiger charge is 2.20. The van der Waals surface area contributed by atoms with Gasteiger partial charge in [-0.3, -0.25) is 0 Å². The van der Waals surface area contributed by atoms with Gasteiger partial charge in [-0.2, -0.15) is 0 Å². The van der Waals surface area contributed by atoms with Gasteiger partial charge < -0.3 is 20.3 Å². The van der Waals surface area contributed by atoms with Crippen LogP contribution in [0.5, 0.6) is 0 Å². The number of aliphatic imine (C=N–C) groups is 1. The Kier molecular flexibility index (Phi) is 11.8. The molecule has 0 aromatic carbocycles. The fourth-order valence-corrected chi connectivity index (χ4v) is 2.54. The predicted molar refractivity (Wildman–Crippen MR) is 116 cm³/mol. The Labute approximate surface area is 172 Å². The average molecular weight is 482 g/mol. The number of hydrogen-bond donors (Lipinski definition) is 2. The molecular formula is C17H31IN4O2S. The van der Waals surface area contributed by atoms with Gasteiger partial charge in [-0.1, -0.05) is 6.07 Å². The zero-order valence-corrected chi connectivity index (χ0v) is 18.9. The number of thiophene rings is 1.